The van der Waals surface area contributed by atoms with Gasteiger partial charge in [-0.2, -0.15) is 4.31 Å². The van der Waals surface area contributed by atoms with Crippen LogP contribution < -0.4 is 5.73 Å². The molecule has 1 saturated heterocycles. The zero-order valence-electron chi connectivity index (χ0n) is 9.91. The average molecular weight is 286 g/mol. The fraction of sp³-hybridized carbons (Fsp3) is 0.500. The Morgan fingerprint density at radius 3 is 3.00 bits per heavy atom. The molecule has 1 fully saturated rings. The molecule has 0 bridgehead atoms. The van der Waals surface area contributed by atoms with Crippen molar-refractivity contribution in [3.05, 3.63) is 11.6 Å². The molecule has 1 aliphatic heterocycles. The van der Waals surface area contributed by atoms with E-state index in [0.29, 0.717) is 24.0 Å². The number of nitrogens with two attached hydrogens (primary N) is 1. The molecule has 0 saturated carbocycles. The smallest absolute Gasteiger partial charge is 0.262 e. The Labute approximate surface area is 109 Å². The normalized spacial score (nSPS) is 21.9. The molecule has 2 aromatic heterocycles. The number of anilines is 1. The molecule has 0 aromatic carbocycles. The van der Waals surface area contributed by atoms with Crippen molar-refractivity contribution >= 4 is 32.1 Å². The molecule has 3 heterocycles. The van der Waals surface area contributed by atoms with Crippen LogP contribution in [0.4, 0.5) is 5.82 Å². The Balaban J connectivity index is 2.13. The van der Waals surface area contributed by atoms with E-state index in [2.05, 4.69) is 11.9 Å². The second-order valence-corrected chi connectivity index (χ2v) is 7.34. The lowest BCUT2D eigenvalue weighted by Crippen LogP contribution is -2.30. The first kappa shape index (κ1) is 11.9. The quantitative estimate of drug-likeness (QED) is 0.893. The van der Waals surface area contributed by atoms with Gasteiger partial charge in [-0.1, -0.05) is 6.92 Å². The number of rotatable bonds is 2. The van der Waals surface area contributed by atoms with Crippen molar-refractivity contribution in [1.82, 2.24) is 13.7 Å². The van der Waals surface area contributed by atoms with Crippen LogP contribution in [0.2, 0.25) is 0 Å². The molecule has 1 aliphatic rings. The minimum Gasteiger partial charge on any atom is -0.381 e. The third kappa shape index (κ3) is 1.63. The molecule has 2 aromatic rings. The summed E-state index contributed by atoms with van der Waals surface area (Å²) in [6.45, 7) is 3.16. The Hall–Kier alpha value is -1.12. The first-order chi connectivity index (χ1) is 8.50. The molecule has 98 valence electrons. The minimum atomic E-state index is -3.54. The fourth-order valence-electron chi connectivity index (χ4n) is 2.27. The highest BCUT2D eigenvalue weighted by atomic mass is 32.2. The second-order valence-electron chi connectivity index (χ2n) is 4.61. The van der Waals surface area contributed by atoms with Gasteiger partial charge in [-0.3, -0.25) is 4.40 Å². The van der Waals surface area contributed by atoms with E-state index in [4.69, 9.17) is 5.73 Å². The van der Waals surface area contributed by atoms with E-state index in [1.165, 1.54) is 15.6 Å². The van der Waals surface area contributed by atoms with Gasteiger partial charge in [-0.15, -0.1) is 11.3 Å². The predicted octanol–water partition coefficient (Wildman–Crippen LogP) is 1.01. The minimum absolute atomic E-state index is 0.0846. The van der Waals surface area contributed by atoms with Crippen molar-refractivity contribution in [3.8, 4) is 0 Å². The van der Waals surface area contributed by atoms with Gasteiger partial charge in [-0.05, 0) is 12.3 Å². The van der Waals surface area contributed by atoms with Crippen LogP contribution in [-0.4, -0.2) is 35.2 Å². The van der Waals surface area contributed by atoms with E-state index < -0.39 is 10.0 Å². The highest BCUT2D eigenvalue weighted by molar-refractivity contribution is 7.89. The van der Waals surface area contributed by atoms with E-state index in [9.17, 15) is 8.42 Å². The number of hydrogen-bond acceptors (Lipinski definition) is 5. The van der Waals surface area contributed by atoms with E-state index in [1.807, 2.05) is 0 Å². The second kappa shape index (κ2) is 3.94. The average Bonchev–Trinajstić information content (AvgIpc) is 2.92. The van der Waals surface area contributed by atoms with Gasteiger partial charge in [0.15, 0.2) is 15.8 Å². The summed E-state index contributed by atoms with van der Waals surface area (Å²) in [6, 6.07) is 0. The molecule has 2 N–H and O–H groups in total. The van der Waals surface area contributed by atoms with E-state index in [0.717, 1.165) is 6.42 Å². The van der Waals surface area contributed by atoms with Crippen molar-refractivity contribution in [2.45, 2.75) is 18.4 Å². The highest BCUT2D eigenvalue weighted by Gasteiger charge is 2.34. The van der Waals surface area contributed by atoms with Crippen LogP contribution in [0.15, 0.2) is 16.6 Å². The van der Waals surface area contributed by atoms with Crippen molar-refractivity contribution in [1.29, 1.82) is 0 Å². The Morgan fingerprint density at radius 1 is 1.56 bits per heavy atom. The van der Waals surface area contributed by atoms with Crippen LogP contribution in [0.3, 0.4) is 0 Å². The lowest BCUT2D eigenvalue weighted by atomic mass is 10.2. The third-order valence-electron chi connectivity index (χ3n) is 3.21. The van der Waals surface area contributed by atoms with Crippen LogP contribution in [0.25, 0.3) is 4.96 Å². The molecule has 0 radical (unpaired) electrons. The molecule has 0 aliphatic carbocycles. The Morgan fingerprint density at radius 2 is 2.33 bits per heavy atom. The van der Waals surface area contributed by atoms with Crippen LogP contribution in [0, 0.1) is 5.92 Å². The third-order valence-corrected chi connectivity index (χ3v) is 5.88. The van der Waals surface area contributed by atoms with Gasteiger partial charge >= 0.3 is 0 Å². The van der Waals surface area contributed by atoms with Gasteiger partial charge in [0.1, 0.15) is 0 Å². The Kier molecular flexibility index (Phi) is 2.61. The topological polar surface area (TPSA) is 80.7 Å². The fourth-order valence-corrected chi connectivity index (χ4v) is 4.80. The van der Waals surface area contributed by atoms with Crippen molar-refractivity contribution in [2.24, 2.45) is 5.92 Å². The summed E-state index contributed by atoms with van der Waals surface area (Å²) in [4.78, 5) is 4.69. The molecule has 18 heavy (non-hydrogen) atoms. The number of hydrogen-bond donors (Lipinski definition) is 1. The first-order valence-corrected chi connectivity index (χ1v) is 8.03. The zero-order valence-corrected chi connectivity index (χ0v) is 11.5. The number of thiazole rings is 1. The van der Waals surface area contributed by atoms with Gasteiger partial charge in [0.05, 0.1) is 0 Å². The van der Waals surface area contributed by atoms with Crippen molar-refractivity contribution in [3.63, 3.8) is 0 Å². The Bertz CT molecular complexity index is 688. The standard InChI is InChI=1S/C10H14N4O2S2/c1-7-2-3-13(6-7)18(15,16)9-8(11)12-10-14(9)4-5-17-10/h4-5,7H,2-3,6,11H2,1H3. The molecule has 1 unspecified atom stereocenters. The van der Waals surface area contributed by atoms with Gasteiger partial charge in [0.25, 0.3) is 10.0 Å². The summed E-state index contributed by atoms with van der Waals surface area (Å²) in [5.74, 6) is 0.480. The van der Waals surface area contributed by atoms with Crippen LogP contribution in [0.1, 0.15) is 13.3 Å². The van der Waals surface area contributed by atoms with Gasteiger partial charge in [-0.25, -0.2) is 13.4 Å². The van der Waals surface area contributed by atoms with E-state index in [-0.39, 0.29) is 10.8 Å². The summed E-state index contributed by atoms with van der Waals surface area (Å²) in [5.41, 5.74) is 5.76. The maximum atomic E-state index is 12.6. The predicted molar refractivity (Wildman–Crippen MR) is 70.0 cm³/mol. The first-order valence-electron chi connectivity index (χ1n) is 5.71. The summed E-state index contributed by atoms with van der Waals surface area (Å²) in [5, 5.41) is 1.90. The van der Waals surface area contributed by atoms with E-state index in [1.54, 1.807) is 16.0 Å². The molecule has 0 amide bonds. The number of imidazole rings is 1. The SMILES string of the molecule is CC1CCN(S(=O)(=O)c2c(N)nc3sccn23)C1. The zero-order chi connectivity index (χ0) is 12.9. The lowest BCUT2D eigenvalue weighted by molar-refractivity contribution is 0.461. The van der Waals surface area contributed by atoms with Crippen LogP contribution in [0.5, 0.6) is 0 Å². The van der Waals surface area contributed by atoms with Gasteiger partial charge < -0.3 is 5.73 Å². The number of sulfonamides is 1. The lowest BCUT2D eigenvalue weighted by Gasteiger charge is -2.15. The largest absolute Gasteiger partial charge is 0.381 e. The molecular formula is C10H14N4O2S2. The van der Waals surface area contributed by atoms with E-state index >= 15 is 0 Å². The van der Waals surface area contributed by atoms with Gasteiger partial charge in [0, 0.05) is 24.7 Å². The highest BCUT2D eigenvalue weighted by Crippen LogP contribution is 2.29. The number of aromatic nitrogens is 2. The molecule has 8 heteroatoms. The van der Waals surface area contributed by atoms with Crippen molar-refractivity contribution in [2.75, 3.05) is 18.8 Å². The maximum absolute atomic E-state index is 12.6. The number of nitrogen functional groups attached to an aromatic ring is 1. The molecule has 0 spiro atoms. The summed E-state index contributed by atoms with van der Waals surface area (Å²) < 4.78 is 28.2. The van der Waals surface area contributed by atoms with Crippen molar-refractivity contribution < 1.29 is 8.42 Å². The molecular weight excluding hydrogens is 272 g/mol. The van der Waals surface area contributed by atoms with Crippen LogP contribution >= 0.6 is 11.3 Å². The number of nitrogens with zero attached hydrogens (tertiary/aromatic N) is 3. The van der Waals surface area contributed by atoms with Gasteiger partial charge in [0.2, 0.25) is 0 Å². The molecule has 1 atom stereocenters. The summed E-state index contributed by atoms with van der Waals surface area (Å²) in [7, 11) is -3.54. The van der Waals surface area contributed by atoms with Crippen LogP contribution in [-0.2, 0) is 10.0 Å². The monoisotopic (exact) mass is 286 g/mol. The summed E-state index contributed by atoms with van der Waals surface area (Å²) >= 11 is 1.37. The molecule has 3 rings (SSSR count). The number of fused-ring (bicyclic) bond motifs is 1. The maximum Gasteiger partial charge on any atom is 0.262 e. The summed E-state index contributed by atoms with van der Waals surface area (Å²) in [6.07, 6.45) is 2.58. The molecule has 6 nitrogen and oxygen atoms in total.